The van der Waals surface area contributed by atoms with Crippen LogP contribution in [0.15, 0.2) is 60.7 Å². The van der Waals surface area contributed by atoms with Crippen molar-refractivity contribution in [2.45, 2.75) is 41.5 Å². The maximum Gasteiger partial charge on any atom is 0.194 e. The molecule has 0 aliphatic heterocycles. The third kappa shape index (κ3) is 4.66. The van der Waals surface area contributed by atoms with E-state index in [0.29, 0.717) is 22.3 Å². The molecule has 1 aromatic carbocycles. The largest absolute Gasteiger partial charge is 0.289 e. The highest BCUT2D eigenvalue weighted by Crippen LogP contribution is 2.27. The molecule has 0 fully saturated rings. The molecular formula is C20H28O2. The highest BCUT2D eigenvalue weighted by Gasteiger charge is 2.28. The average molecular weight is 300 g/mol. The lowest BCUT2D eigenvalue weighted by atomic mass is 9.84. The zero-order chi connectivity index (χ0) is 17.7. The highest BCUT2D eigenvalue weighted by molar-refractivity contribution is 6.28. The number of hydrogen-bond donors (Lipinski definition) is 0. The molecule has 2 rings (SSSR count). The number of Topliss-reactive ketones (excluding diaryl/α,β-unsaturated/α-hetero) is 2. The van der Waals surface area contributed by atoms with Crippen LogP contribution in [0.3, 0.4) is 0 Å². The number of carbonyl (C=O) groups is 2. The Morgan fingerprint density at radius 2 is 0.955 bits per heavy atom. The summed E-state index contributed by atoms with van der Waals surface area (Å²) in [6.45, 7) is 19.1. The molecule has 120 valence electrons. The van der Waals surface area contributed by atoms with Crippen molar-refractivity contribution >= 4 is 11.6 Å². The van der Waals surface area contributed by atoms with Crippen molar-refractivity contribution in [3.05, 3.63) is 71.8 Å². The summed E-state index contributed by atoms with van der Waals surface area (Å²) in [6.07, 6.45) is 2.82. The SMILES string of the molecule is C=CC1=C(C=C)C(=O)c2ccccc2C1=O.CC.CC.CC. The fourth-order valence-electron chi connectivity index (χ4n) is 1.82. The normalized spacial score (nSPS) is 11.5. The lowest BCUT2D eigenvalue weighted by molar-refractivity contribution is 0.0980. The fourth-order valence-corrected chi connectivity index (χ4v) is 1.82. The Balaban J connectivity index is 0. The summed E-state index contributed by atoms with van der Waals surface area (Å²) in [4.78, 5) is 24.1. The van der Waals surface area contributed by atoms with Gasteiger partial charge in [-0.2, -0.15) is 0 Å². The van der Waals surface area contributed by atoms with Gasteiger partial charge in [-0.05, 0) is 0 Å². The molecule has 0 radical (unpaired) electrons. The standard InChI is InChI=1S/C14H10O2.3C2H6/c1-3-9-10(4-2)14(16)12-8-6-5-7-11(12)13(9)15;3*1-2/h3-8H,1-2H2;3*1-2H3. The third-order valence-corrected chi connectivity index (χ3v) is 2.60. The molecule has 22 heavy (non-hydrogen) atoms. The lowest BCUT2D eigenvalue weighted by Gasteiger charge is -2.16. The summed E-state index contributed by atoms with van der Waals surface area (Å²) in [5, 5.41) is 0. The number of allylic oxidation sites excluding steroid dienone is 4. The summed E-state index contributed by atoms with van der Waals surface area (Å²) < 4.78 is 0. The number of rotatable bonds is 2. The Kier molecular flexibility index (Phi) is 12.6. The second-order valence-electron chi connectivity index (χ2n) is 3.44. The van der Waals surface area contributed by atoms with Crippen molar-refractivity contribution in [3.63, 3.8) is 0 Å². The molecule has 1 aromatic rings. The number of carbonyl (C=O) groups excluding carboxylic acids is 2. The summed E-state index contributed by atoms with van der Waals surface area (Å²) in [6, 6.07) is 6.78. The number of fused-ring (bicyclic) bond motifs is 1. The van der Waals surface area contributed by atoms with E-state index in [2.05, 4.69) is 13.2 Å². The van der Waals surface area contributed by atoms with Crippen LogP contribution in [0.5, 0.6) is 0 Å². The van der Waals surface area contributed by atoms with Gasteiger partial charge in [0.1, 0.15) is 0 Å². The first-order valence-corrected chi connectivity index (χ1v) is 7.88. The van der Waals surface area contributed by atoms with Gasteiger partial charge in [-0.3, -0.25) is 9.59 Å². The number of benzene rings is 1. The van der Waals surface area contributed by atoms with Crippen LogP contribution in [0.1, 0.15) is 62.3 Å². The van der Waals surface area contributed by atoms with Gasteiger partial charge in [0.05, 0.1) is 0 Å². The smallest absolute Gasteiger partial charge is 0.194 e. The van der Waals surface area contributed by atoms with Gasteiger partial charge in [0.25, 0.3) is 0 Å². The summed E-state index contributed by atoms with van der Waals surface area (Å²) >= 11 is 0. The summed E-state index contributed by atoms with van der Waals surface area (Å²) in [5.41, 5.74) is 1.54. The van der Waals surface area contributed by atoms with Crippen molar-refractivity contribution in [1.82, 2.24) is 0 Å². The maximum atomic E-state index is 12.0. The highest BCUT2D eigenvalue weighted by atomic mass is 16.1. The van der Waals surface area contributed by atoms with Crippen molar-refractivity contribution in [1.29, 1.82) is 0 Å². The van der Waals surface area contributed by atoms with Crippen molar-refractivity contribution in [2.75, 3.05) is 0 Å². The molecule has 0 aromatic heterocycles. The third-order valence-electron chi connectivity index (χ3n) is 2.60. The van der Waals surface area contributed by atoms with Gasteiger partial charge < -0.3 is 0 Å². The van der Waals surface area contributed by atoms with Gasteiger partial charge in [-0.15, -0.1) is 0 Å². The van der Waals surface area contributed by atoms with Crippen molar-refractivity contribution in [3.8, 4) is 0 Å². The molecule has 0 heterocycles. The average Bonchev–Trinajstić information content (AvgIpc) is 2.63. The first kappa shape index (κ1) is 22.1. The molecule has 2 heteroatoms. The molecule has 2 nitrogen and oxygen atoms in total. The summed E-state index contributed by atoms with van der Waals surface area (Å²) in [5.74, 6) is -0.333. The van der Waals surface area contributed by atoms with Gasteiger partial charge in [0.15, 0.2) is 11.6 Å². The Morgan fingerprint density at radius 3 is 1.18 bits per heavy atom. The van der Waals surface area contributed by atoms with Crippen molar-refractivity contribution < 1.29 is 9.59 Å². The van der Waals surface area contributed by atoms with Crippen molar-refractivity contribution in [2.24, 2.45) is 0 Å². The zero-order valence-corrected chi connectivity index (χ0v) is 14.7. The number of ketones is 2. The van der Waals surface area contributed by atoms with E-state index < -0.39 is 0 Å². The molecule has 1 aliphatic rings. The predicted octanol–water partition coefficient (Wildman–Crippen LogP) is 5.81. The van der Waals surface area contributed by atoms with E-state index in [4.69, 9.17) is 0 Å². The van der Waals surface area contributed by atoms with E-state index in [-0.39, 0.29) is 11.6 Å². The second-order valence-corrected chi connectivity index (χ2v) is 3.44. The van der Waals surface area contributed by atoms with Crippen LogP contribution < -0.4 is 0 Å². The van der Waals surface area contributed by atoms with E-state index >= 15 is 0 Å². The minimum absolute atomic E-state index is 0.167. The van der Waals surface area contributed by atoms with Crippen LogP contribution in [-0.4, -0.2) is 11.6 Å². The monoisotopic (exact) mass is 300 g/mol. The molecule has 0 atom stereocenters. The fraction of sp³-hybridized carbons (Fsp3) is 0.300. The van der Waals surface area contributed by atoms with E-state index in [1.54, 1.807) is 24.3 Å². The van der Waals surface area contributed by atoms with E-state index in [0.717, 1.165) is 0 Å². The van der Waals surface area contributed by atoms with Gasteiger partial charge >= 0.3 is 0 Å². The molecule has 0 unspecified atom stereocenters. The minimum atomic E-state index is -0.167. The Bertz CT molecular complexity index is 500. The van der Waals surface area contributed by atoms with E-state index in [1.807, 2.05) is 41.5 Å². The molecule has 0 bridgehead atoms. The van der Waals surface area contributed by atoms with Crippen LogP contribution in [0, 0.1) is 0 Å². The van der Waals surface area contributed by atoms with Gasteiger partial charge in [0, 0.05) is 22.3 Å². The van der Waals surface area contributed by atoms with Gasteiger partial charge in [0.2, 0.25) is 0 Å². The van der Waals surface area contributed by atoms with Crippen LogP contribution in [-0.2, 0) is 0 Å². The first-order chi connectivity index (χ1) is 10.7. The Labute approximate surface area is 135 Å². The zero-order valence-electron chi connectivity index (χ0n) is 14.7. The molecule has 0 N–H and O–H groups in total. The molecule has 0 saturated heterocycles. The maximum absolute atomic E-state index is 12.0. The topological polar surface area (TPSA) is 34.1 Å². The molecule has 0 amide bonds. The second kappa shape index (κ2) is 12.5. The van der Waals surface area contributed by atoms with Crippen LogP contribution >= 0.6 is 0 Å². The molecular weight excluding hydrogens is 272 g/mol. The van der Waals surface area contributed by atoms with Crippen LogP contribution in [0.2, 0.25) is 0 Å². The summed E-state index contributed by atoms with van der Waals surface area (Å²) in [7, 11) is 0. The Hall–Kier alpha value is -2.22. The van der Waals surface area contributed by atoms with E-state index in [9.17, 15) is 9.59 Å². The van der Waals surface area contributed by atoms with Gasteiger partial charge in [-0.25, -0.2) is 0 Å². The minimum Gasteiger partial charge on any atom is -0.289 e. The predicted molar refractivity (Wildman–Crippen MR) is 96.6 cm³/mol. The first-order valence-electron chi connectivity index (χ1n) is 7.88. The van der Waals surface area contributed by atoms with Crippen LogP contribution in [0.4, 0.5) is 0 Å². The quantitative estimate of drug-likeness (QED) is 0.690. The molecule has 0 spiro atoms. The number of hydrogen-bond acceptors (Lipinski definition) is 2. The van der Waals surface area contributed by atoms with Gasteiger partial charge in [-0.1, -0.05) is 91.1 Å². The Morgan fingerprint density at radius 1 is 0.682 bits per heavy atom. The molecule has 1 aliphatic carbocycles. The van der Waals surface area contributed by atoms with E-state index in [1.165, 1.54) is 12.2 Å². The lowest BCUT2D eigenvalue weighted by Crippen LogP contribution is -2.20. The van der Waals surface area contributed by atoms with Crippen LogP contribution in [0.25, 0.3) is 0 Å². The molecule has 0 saturated carbocycles.